The zero-order valence-corrected chi connectivity index (χ0v) is 13.4. The van der Waals surface area contributed by atoms with Gasteiger partial charge in [0.2, 0.25) is 0 Å². The minimum atomic E-state index is -0.191. The fourth-order valence-corrected chi connectivity index (χ4v) is 2.68. The Morgan fingerprint density at radius 3 is 2.16 bits per heavy atom. The molecular weight excluding hydrogens is 312 g/mol. The van der Waals surface area contributed by atoms with Crippen molar-refractivity contribution in [3.05, 3.63) is 90.8 Å². The summed E-state index contributed by atoms with van der Waals surface area (Å²) in [4.78, 5) is 20.0. The second kappa shape index (κ2) is 6.49. The van der Waals surface area contributed by atoms with Gasteiger partial charge in [0.05, 0.1) is 28.7 Å². The van der Waals surface area contributed by atoms with Gasteiger partial charge in [-0.05, 0) is 42.5 Å². The van der Waals surface area contributed by atoms with E-state index in [9.17, 15) is 4.79 Å². The number of carbonyl (C=O) groups excluding carboxylic acids is 1. The largest absolute Gasteiger partial charge is 0.345 e. The van der Waals surface area contributed by atoms with Crippen LogP contribution in [0.1, 0.15) is 10.4 Å². The van der Waals surface area contributed by atoms with E-state index in [1.54, 1.807) is 23.5 Å². The summed E-state index contributed by atoms with van der Waals surface area (Å²) in [6.07, 6.45) is 1.62. The van der Waals surface area contributed by atoms with Crippen molar-refractivity contribution >= 4 is 28.3 Å². The highest BCUT2D eigenvalue weighted by Gasteiger charge is 2.14. The summed E-state index contributed by atoms with van der Waals surface area (Å²) in [6, 6.07) is 24.8. The highest BCUT2D eigenvalue weighted by molar-refractivity contribution is 5.98. The zero-order chi connectivity index (χ0) is 17.1. The van der Waals surface area contributed by atoms with Gasteiger partial charge in [0.25, 0.3) is 5.91 Å². The minimum absolute atomic E-state index is 0.191. The van der Waals surface area contributed by atoms with E-state index in [0.29, 0.717) is 5.56 Å². The van der Waals surface area contributed by atoms with Gasteiger partial charge in [0.1, 0.15) is 0 Å². The number of nitrogens with one attached hydrogen (secondary N) is 2. The van der Waals surface area contributed by atoms with E-state index in [0.717, 1.165) is 22.4 Å². The standard InChI is InChI=1S/C20H16N4O/c25-20(15-11-12-18-19(13-15)22-14-21-18)23-24(16-7-3-1-4-8-16)17-9-5-2-6-10-17/h1-14H,(H,21,22)(H,23,25). The number of carbonyl (C=O) groups is 1. The number of hydrogen-bond acceptors (Lipinski definition) is 3. The lowest BCUT2D eigenvalue weighted by Crippen LogP contribution is -2.38. The maximum absolute atomic E-state index is 12.8. The van der Waals surface area contributed by atoms with Gasteiger partial charge in [-0.15, -0.1) is 0 Å². The molecule has 0 saturated carbocycles. The summed E-state index contributed by atoms with van der Waals surface area (Å²) in [7, 11) is 0. The zero-order valence-electron chi connectivity index (χ0n) is 13.4. The fraction of sp³-hybridized carbons (Fsp3) is 0. The van der Waals surface area contributed by atoms with Crippen LogP contribution in [0.2, 0.25) is 0 Å². The first-order valence-corrected chi connectivity index (χ1v) is 7.95. The summed E-state index contributed by atoms with van der Waals surface area (Å²) in [5, 5.41) is 1.78. The number of anilines is 2. The van der Waals surface area contributed by atoms with Crippen LogP contribution in [0.5, 0.6) is 0 Å². The van der Waals surface area contributed by atoms with Gasteiger partial charge in [-0.3, -0.25) is 15.2 Å². The number of amides is 1. The van der Waals surface area contributed by atoms with Crippen molar-refractivity contribution in [3.63, 3.8) is 0 Å². The molecule has 1 aromatic heterocycles. The third-order valence-corrected chi connectivity index (χ3v) is 3.92. The average Bonchev–Trinajstić information content (AvgIpc) is 3.15. The molecule has 3 aromatic carbocycles. The number of H-pyrrole nitrogens is 1. The summed E-state index contributed by atoms with van der Waals surface area (Å²) < 4.78 is 0. The monoisotopic (exact) mass is 328 g/mol. The lowest BCUT2D eigenvalue weighted by atomic mass is 10.2. The molecule has 2 N–H and O–H groups in total. The molecule has 0 spiro atoms. The quantitative estimate of drug-likeness (QED) is 0.556. The van der Waals surface area contributed by atoms with E-state index < -0.39 is 0 Å². The van der Waals surface area contributed by atoms with Crippen molar-refractivity contribution < 1.29 is 4.79 Å². The highest BCUT2D eigenvalue weighted by atomic mass is 16.2. The van der Waals surface area contributed by atoms with Crippen LogP contribution < -0.4 is 10.4 Å². The van der Waals surface area contributed by atoms with Gasteiger partial charge in [-0.2, -0.15) is 0 Å². The Labute approximate surface area is 144 Å². The van der Waals surface area contributed by atoms with Crippen LogP contribution in [-0.4, -0.2) is 15.9 Å². The van der Waals surface area contributed by atoms with Crippen LogP contribution in [-0.2, 0) is 0 Å². The van der Waals surface area contributed by atoms with Crippen LogP contribution in [0.4, 0.5) is 11.4 Å². The van der Waals surface area contributed by atoms with Gasteiger partial charge >= 0.3 is 0 Å². The molecule has 1 heterocycles. The third-order valence-electron chi connectivity index (χ3n) is 3.92. The smallest absolute Gasteiger partial charge is 0.270 e. The Morgan fingerprint density at radius 2 is 1.52 bits per heavy atom. The Morgan fingerprint density at radius 1 is 0.880 bits per heavy atom. The number of aromatic nitrogens is 2. The van der Waals surface area contributed by atoms with Crippen LogP contribution in [0.25, 0.3) is 11.0 Å². The van der Waals surface area contributed by atoms with Crippen LogP contribution >= 0.6 is 0 Å². The van der Waals surface area contributed by atoms with E-state index in [-0.39, 0.29) is 5.91 Å². The molecular formula is C20H16N4O. The number of para-hydroxylation sites is 2. The first-order valence-electron chi connectivity index (χ1n) is 7.95. The van der Waals surface area contributed by atoms with Crippen molar-refractivity contribution in [3.8, 4) is 0 Å². The van der Waals surface area contributed by atoms with Crippen molar-refractivity contribution in [2.45, 2.75) is 0 Å². The number of imidazole rings is 1. The normalized spacial score (nSPS) is 10.6. The molecule has 0 unspecified atom stereocenters. The molecule has 5 nitrogen and oxygen atoms in total. The number of benzene rings is 3. The van der Waals surface area contributed by atoms with E-state index >= 15 is 0 Å². The predicted octanol–water partition coefficient (Wildman–Crippen LogP) is 4.05. The van der Waals surface area contributed by atoms with Crippen LogP contribution in [0.3, 0.4) is 0 Å². The van der Waals surface area contributed by atoms with Gasteiger partial charge in [0.15, 0.2) is 0 Å². The van der Waals surface area contributed by atoms with Gasteiger partial charge in [0, 0.05) is 5.56 Å². The minimum Gasteiger partial charge on any atom is -0.345 e. The van der Waals surface area contributed by atoms with E-state index in [2.05, 4.69) is 15.4 Å². The number of rotatable bonds is 4. The third kappa shape index (κ3) is 3.07. The van der Waals surface area contributed by atoms with Crippen LogP contribution in [0, 0.1) is 0 Å². The maximum Gasteiger partial charge on any atom is 0.270 e. The van der Waals surface area contributed by atoms with Crippen LogP contribution in [0.15, 0.2) is 85.2 Å². The molecule has 5 heteroatoms. The molecule has 0 aliphatic heterocycles. The number of nitrogens with zero attached hydrogens (tertiary/aromatic N) is 2. The molecule has 25 heavy (non-hydrogen) atoms. The molecule has 0 atom stereocenters. The molecule has 0 bridgehead atoms. The second-order valence-electron chi connectivity index (χ2n) is 5.58. The number of fused-ring (bicyclic) bond motifs is 1. The lowest BCUT2D eigenvalue weighted by Gasteiger charge is -2.25. The summed E-state index contributed by atoms with van der Waals surface area (Å²) >= 11 is 0. The molecule has 0 aliphatic rings. The van der Waals surface area contributed by atoms with Crippen molar-refractivity contribution in [2.24, 2.45) is 0 Å². The molecule has 122 valence electrons. The Hall–Kier alpha value is -3.60. The summed E-state index contributed by atoms with van der Waals surface area (Å²) in [5.41, 5.74) is 6.97. The molecule has 4 aromatic rings. The van der Waals surface area contributed by atoms with Gasteiger partial charge < -0.3 is 4.98 Å². The Balaban J connectivity index is 1.67. The molecule has 0 fully saturated rings. The van der Waals surface area contributed by atoms with Gasteiger partial charge in [-0.1, -0.05) is 36.4 Å². The van der Waals surface area contributed by atoms with Gasteiger partial charge in [-0.25, -0.2) is 4.98 Å². The first kappa shape index (κ1) is 15.0. The molecule has 0 aliphatic carbocycles. The number of hydrogen-bond donors (Lipinski definition) is 2. The fourth-order valence-electron chi connectivity index (χ4n) is 2.68. The average molecular weight is 328 g/mol. The lowest BCUT2D eigenvalue weighted by molar-refractivity contribution is 0.0954. The second-order valence-corrected chi connectivity index (χ2v) is 5.58. The number of aromatic amines is 1. The maximum atomic E-state index is 12.8. The molecule has 0 saturated heterocycles. The predicted molar refractivity (Wildman–Crippen MR) is 98.6 cm³/mol. The van der Waals surface area contributed by atoms with Crippen molar-refractivity contribution in [1.29, 1.82) is 0 Å². The van der Waals surface area contributed by atoms with Crippen molar-refractivity contribution in [1.82, 2.24) is 15.4 Å². The summed E-state index contributed by atoms with van der Waals surface area (Å²) in [5.74, 6) is -0.191. The summed E-state index contributed by atoms with van der Waals surface area (Å²) in [6.45, 7) is 0. The number of hydrazine groups is 1. The topological polar surface area (TPSA) is 61.0 Å². The van der Waals surface area contributed by atoms with E-state index in [4.69, 9.17) is 0 Å². The Bertz CT molecular complexity index is 956. The van der Waals surface area contributed by atoms with E-state index in [1.165, 1.54) is 0 Å². The Kier molecular flexibility index (Phi) is 3.88. The van der Waals surface area contributed by atoms with E-state index in [1.807, 2.05) is 66.7 Å². The molecule has 0 radical (unpaired) electrons. The molecule has 4 rings (SSSR count). The van der Waals surface area contributed by atoms with Crippen molar-refractivity contribution in [2.75, 3.05) is 5.01 Å². The molecule has 1 amide bonds. The first-order chi connectivity index (χ1) is 12.3. The highest BCUT2D eigenvalue weighted by Crippen LogP contribution is 2.23. The SMILES string of the molecule is O=C(NN(c1ccccc1)c1ccccc1)c1ccc2nc[nH]c2c1.